The van der Waals surface area contributed by atoms with E-state index in [1.165, 1.54) is 13.3 Å². The maximum absolute atomic E-state index is 10.7. The second kappa shape index (κ2) is 5.00. The van der Waals surface area contributed by atoms with Gasteiger partial charge in [-0.2, -0.15) is 0 Å². The Morgan fingerprint density at radius 3 is 3.14 bits per heavy atom. The van der Waals surface area contributed by atoms with Crippen molar-refractivity contribution < 1.29 is 14.6 Å². The standard InChI is InChI=1S/C10H9NO3/c1-14-10(13)3-2-9-6-8(7-12)4-5-11-9/h4-6,12H,7H2,1H3. The smallest absolute Gasteiger partial charge is 0.384 e. The number of aliphatic hydroxyl groups is 1. The van der Waals surface area contributed by atoms with Crippen LogP contribution in [-0.2, 0) is 16.1 Å². The Hall–Kier alpha value is -1.86. The van der Waals surface area contributed by atoms with Gasteiger partial charge < -0.3 is 9.84 Å². The number of carbonyl (C=O) groups excluding carboxylic acids is 1. The van der Waals surface area contributed by atoms with E-state index in [1.54, 1.807) is 12.1 Å². The summed E-state index contributed by atoms with van der Waals surface area (Å²) in [5, 5.41) is 8.82. The first kappa shape index (κ1) is 10.2. The van der Waals surface area contributed by atoms with Gasteiger partial charge in [0, 0.05) is 12.1 Å². The van der Waals surface area contributed by atoms with Crippen molar-refractivity contribution in [2.45, 2.75) is 6.61 Å². The first-order valence-electron chi connectivity index (χ1n) is 3.92. The van der Waals surface area contributed by atoms with Crippen LogP contribution in [0.2, 0.25) is 0 Å². The van der Waals surface area contributed by atoms with E-state index in [9.17, 15) is 4.79 Å². The van der Waals surface area contributed by atoms with Gasteiger partial charge in [-0.1, -0.05) is 0 Å². The van der Waals surface area contributed by atoms with E-state index in [0.29, 0.717) is 11.3 Å². The van der Waals surface area contributed by atoms with Crippen LogP contribution in [0.3, 0.4) is 0 Å². The number of aromatic nitrogens is 1. The number of hydrogen-bond acceptors (Lipinski definition) is 4. The van der Waals surface area contributed by atoms with Crippen molar-refractivity contribution in [3.8, 4) is 11.8 Å². The van der Waals surface area contributed by atoms with E-state index in [-0.39, 0.29) is 6.61 Å². The highest BCUT2D eigenvalue weighted by Crippen LogP contribution is 1.99. The van der Waals surface area contributed by atoms with Crippen LogP contribution in [0.15, 0.2) is 18.3 Å². The monoisotopic (exact) mass is 191 g/mol. The second-order valence-corrected chi connectivity index (χ2v) is 2.45. The first-order chi connectivity index (χ1) is 6.76. The Bertz CT molecular complexity index is 390. The van der Waals surface area contributed by atoms with Gasteiger partial charge in [0.15, 0.2) is 0 Å². The summed E-state index contributed by atoms with van der Waals surface area (Å²) in [5.41, 5.74) is 1.14. The van der Waals surface area contributed by atoms with Gasteiger partial charge in [0.2, 0.25) is 0 Å². The van der Waals surface area contributed by atoms with E-state index >= 15 is 0 Å². The highest BCUT2D eigenvalue weighted by atomic mass is 16.5. The number of ether oxygens (including phenoxy) is 1. The normalized spacial score (nSPS) is 8.71. The van der Waals surface area contributed by atoms with Crippen molar-refractivity contribution in [3.05, 3.63) is 29.6 Å². The molecule has 0 fully saturated rings. The van der Waals surface area contributed by atoms with Crippen LogP contribution in [0.1, 0.15) is 11.3 Å². The minimum absolute atomic E-state index is 0.0740. The van der Waals surface area contributed by atoms with Crippen LogP contribution in [-0.4, -0.2) is 23.2 Å². The third-order valence-electron chi connectivity index (χ3n) is 1.48. The molecule has 1 aromatic rings. The van der Waals surface area contributed by atoms with Crippen molar-refractivity contribution in [2.75, 3.05) is 7.11 Å². The number of methoxy groups -OCH3 is 1. The predicted octanol–water partition coefficient (Wildman–Crippen LogP) is 0.0984. The summed E-state index contributed by atoms with van der Waals surface area (Å²) >= 11 is 0. The molecule has 0 aliphatic heterocycles. The molecule has 0 aromatic carbocycles. The molecule has 1 rings (SSSR count). The van der Waals surface area contributed by atoms with Crippen molar-refractivity contribution >= 4 is 5.97 Å². The molecule has 4 heteroatoms. The molecule has 0 aliphatic carbocycles. The molecule has 0 saturated carbocycles. The lowest BCUT2D eigenvalue weighted by Gasteiger charge is -1.94. The van der Waals surface area contributed by atoms with Crippen LogP contribution in [0.4, 0.5) is 0 Å². The Morgan fingerprint density at radius 2 is 2.50 bits per heavy atom. The van der Waals surface area contributed by atoms with E-state index < -0.39 is 5.97 Å². The van der Waals surface area contributed by atoms with Crippen molar-refractivity contribution in [1.29, 1.82) is 0 Å². The Balaban J connectivity index is 2.84. The van der Waals surface area contributed by atoms with Gasteiger partial charge in [0.25, 0.3) is 0 Å². The van der Waals surface area contributed by atoms with Gasteiger partial charge in [-0.15, -0.1) is 0 Å². The molecule has 0 saturated heterocycles. The van der Waals surface area contributed by atoms with Gasteiger partial charge in [-0.05, 0) is 23.6 Å². The number of aliphatic hydroxyl groups excluding tert-OH is 1. The summed E-state index contributed by atoms with van der Waals surface area (Å²) in [4.78, 5) is 14.6. The minimum Gasteiger partial charge on any atom is -0.459 e. The number of hydrogen-bond donors (Lipinski definition) is 1. The van der Waals surface area contributed by atoms with E-state index in [2.05, 4.69) is 21.6 Å². The van der Waals surface area contributed by atoms with E-state index in [1.807, 2.05) is 0 Å². The zero-order valence-corrected chi connectivity index (χ0v) is 7.65. The van der Waals surface area contributed by atoms with Gasteiger partial charge in [0.05, 0.1) is 13.7 Å². The number of carbonyl (C=O) groups is 1. The zero-order valence-electron chi connectivity index (χ0n) is 7.65. The summed E-state index contributed by atoms with van der Waals surface area (Å²) in [5.74, 6) is 4.16. The molecule has 1 N–H and O–H groups in total. The predicted molar refractivity (Wildman–Crippen MR) is 49.1 cm³/mol. The summed E-state index contributed by atoms with van der Waals surface area (Å²) in [6, 6.07) is 3.28. The molecule has 0 radical (unpaired) electrons. The van der Waals surface area contributed by atoms with Gasteiger partial charge in [-0.25, -0.2) is 9.78 Å². The summed E-state index contributed by atoms with van der Waals surface area (Å²) < 4.78 is 4.34. The van der Waals surface area contributed by atoms with Crippen molar-refractivity contribution in [2.24, 2.45) is 0 Å². The SMILES string of the molecule is COC(=O)C#Cc1cc(CO)ccn1. The fraction of sp³-hybridized carbons (Fsp3) is 0.200. The number of nitrogens with zero attached hydrogens (tertiary/aromatic N) is 1. The molecule has 0 amide bonds. The third-order valence-corrected chi connectivity index (χ3v) is 1.48. The Labute approximate surface area is 81.5 Å². The highest BCUT2D eigenvalue weighted by Gasteiger charge is 1.94. The van der Waals surface area contributed by atoms with Gasteiger partial charge in [0.1, 0.15) is 5.69 Å². The summed E-state index contributed by atoms with van der Waals surface area (Å²) in [7, 11) is 1.26. The maximum Gasteiger partial charge on any atom is 0.384 e. The molecular formula is C10H9NO3. The average Bonchev–Trinajstić information content (AvgIpc) is 2.26. The molecule has 72 valence electrons. The zero-order chi connectivity index (χ0) is 10.4. The number of rotatable bonds is 1. The number of pyridine rings is 1. The lowest BCUT2D eigenvalue weighted by atomic mass is 10.2. The second-order valence-electron chi connectivity index (χ2n) is 2.45. The minimum atomic E-state index is -0.610. The first-order valence-corrected chi connectivity index (χ1v) is 3.92. The fourth-order valence-corrected chi connectivity index (χ4v) is 0.807. The topological polar surface area (TPSA) is 59.4 Å². The molecule has 0 unspecified atom stereocenters. The third kappa shape index (κ3) is 2.88. The van der Waals surface area contributed by atoms with Crippen molar-refractivity contribution in [1.82, 2.24) is 4.98 Å². The molecule has 14 heavy (non-hydrogen) atoms. The van der Waals surface area contributed by atoms with E-state index in [0.717, 1.165) is 0 Å². The molecule has 0 spiro atoms. The Kier molecular flexibility index (Phi) is 3.65. The quantitative estimate of drug-likeness (QED) is 0.505. The Morgan fingerprint density at radius 1 is 1.71 bits per heavy atom. The lowest BCUT2D eigenvalue weighted by molar-refractivity contribution is -0.133. The summed E-state index contributed by atoms with van der Waals surface area (Å²) in [6.07, 6.45) is 1.52. The maximum atomic E-state index is 10.7. The largest absolute Gasteiger partial charge is 0.459 e. The van der Waals surface area contributed by atoms with Crippen LogP contribution in [0, 0.1) is 11.8 Å². The highest BCUT2D eigenvalue weighted by molar-refractivity contribution is 5.88. The van der Waals surface area contributed by atoms with E-state index in [4.69, 9.17) is 5.11 Å². The van der Waals surface area contributed by atoms with Crippen LogP contribution in [0.5, 0.6) is 0 Å². The van der Waals surface area contributed by atoms with Crippen LogP contribution < -0.4 is 0 Å². The van der Waals surface area contributed by atoms with Gasteiger partial charge >= 0.3 is 5.97 Å². The lowest BCUT2D eigenvalue weighted by Crippen LogP contribution is -1.95. The van der Waals surface area contributed by atoms with Gasteiger partial charge in [-0.3, -0.25) is 0 Å². The fourth-order valence-electron chi connectivity index (χ4n) is 0.807. The molecule has 0 bridgehead atoms. The van der Waals surface area contributed by atoms with Crippen molar-refractivity contribution in [3.63, 3.8) is 0 Å². The molecule has 1 heterocycles. The van der Waals surface area contributed by atoms with Crippen LogP contribution in [0.25, 0.3) is 0 Å². The molecule has 4 nitrogen and oxygen atoms in total. The molecular weight excluding hydrogens is 182 g/mol. The summed E-state index contributed by atoms with van der Waals surface area (Å²) in [6.45, 7) is -0.0740. The van der Waals surface area contributed by atoms with Crippen LogP contribution >= 0.6 is 0 Å². The number of esters is 1. The molecule has 0 atom stereocenters. The molecule has 0 aliphatic rings. The average molecular weight is 191 g/mol. The molecule has 1 aromatic heterocycles.